The van der Waals surface area contributed by atoms with E-state index in [0.717, 1.165) is 27.3 Å². The number of aromatic nitrogens is 4. The number of thiazole rings is 1. The molecule has 228 valence electrons. The van der Waals surface area contributed by atoms with Crippen molar-refractivity contribution in [1.82, 2.24) is 24.6 Å². The first-order chi connectivity index (χ1) is 21.0. The van der Waals surface area contributed by atoms with Crippen LogP contribution in [0.1, 0.15) is 42.1 Å². The second-order valence-corrected chi connectivity index (χ2v) is 11.8. The minimum atomic E-state index is -4.74. The molecule has 2 aromatic heterocycles. The van der Waals surface area contributed by atoms with Crippen molar-refractivity contribution in [2.24, 2.45) is 4.99 Å². The average Bonchev–Trinajstić information content (AvgIpc) is 3.60. The van der Waals surface area contributed by atoms with Gasteiger partial charge in [-0.1, -0.05) is 44.2 Å². The molecule has 0 radical (unpaired) electrons. The maximum atomic E-state index is 12.4. The highest BCUT2D eigenvalue weighted by molar-refractivity contribution is 7.80. The Kier molecular flexibility index (Phi) is 9.31. The molecule has 0 saturated carbocycles. The molecule has 0 amide bonds. The predicted molar refractivity (Wildman–Crippen MR) is 171 cm³/mol. The van der Waals surface area contributed by atoms with E-state index < -0.39 is 6.36 Å². The fourth-order valence-corrected chi connectivity index (χ4v) is 5.85. The van der Waals surface area contributed by atoms with E-state index in [-0.39, 0.29) is 5.75 Å². The lowest BCUT2D eigenvalue weighted by Gasteiger charge is -2.16. The SMILES string of the molecule is Cc1ccc(C(C)C)c(-n2c(C)csc2=NC(=S)NCCc2cccc(-c3ncn(-c4ccc(OC(F)(F)F)cc4)n3)c2)c1. The Hall–Kier alpha value is -4.29. The minimum Gasteiger partial charge on any atom is -0.406 e. The van der Waals surface area contributed by atoms with Gasteiger partial charge in [0.2, 0.25) is 0 Å². The first kappa shape index (κ1) is 31.1. The molecule has 5 aromatic rings. The number of alkyl halides is 3. The van der Waals surface area contributed by atoms with Crippen molar-refractivity contribution in [3.05, 3.63) is 106 Å². The van der Waals surface area contributed by atoms with Crippen LogP contribution >= 0.6 is 23.6 Å². The Labute approximate surface area is 262 Å². The normalized spacial score (nSPS) is 12.1. The van der Waals surface area contributed by atoms with E-state index in [1.54, 1.807) is 11.3 Å². The maximum absolute atomic E-state index is 12.4. The standard InChI is InChI=1S/C32H31F3N6OS2/c1-20(2)27-13-8-21(3)16-28(27)41-22(4)18-44-31(41)38-30(43)36-15-14-23-6-5-7-24(17-23)29-37-19-40(39-29)25-9-11-26(12-10-25)42-32(33,34)35/h5-13,16-20H,14-15H2,1-4H3,(H,36,43). The van der Waals surface area contributed by atoms with Crippen LogP contribution in [0.3, 0.4) is 0 Å². The monoisotopic (exact) mass is 636 g/mol. The summed E-state index contributed by atoms with van der Waals surface area (Å²) in [4.78, 5) is 9.96. The molecule has 12 heteroatoms. The summed E-state index contributed by atoms with van der Waals surface area (Å²) in [5, 5.41) is 10.3. The third-order valence-electron chi connectivity index (χ3n) is 6.83. The molecule has 0 aliphatic carbocycles. The largest absolute Gasteiger partial charge is 0.573 e. The lowest BCUT2D eigenvalue weighted by molar-refractivity contribution is -0.274. The number of rotatable bonds is 8. The Morgan fingerprint density at radius 1 is 1.07 bits per heavy atom. The van der Waals surface area contributed by atoms with Gasteiger partial charge < -0.3 is 10.1 Å². The fraction of sp³-hybridized carbons (Fsp3) is 0.250. The molecule has 0 aliphatic rings. The number of hydrogen-bond donors (Lipinski definition) is 1. The van der Waals surface area contributed by atoms with Crippen molar-refractivity contribution in [3.63, 3.8) is 0 Å². The van der Waals surface area contributed by atoms with Crippen molar-refractivity contribution >= 4 is 28.7 Å². The minimum absolute atomic E-state index is 0.300. The van der Waals surface area contributed by atoms with Gasteiger partial charge in [-0.3, -0.25) is 4.57 Å². The van der Waals surface area contributed by atoms with E-state index >= 15 is 0 Å². The quantitative estimate of drug-likeness (QED) is 0.179. The number of ether oxygens (including phenoxy) is 1. The number of hydrogen-bond acceptors (Lipinski definition) is 5. The van der Waals surface area contributed by atoms with Gasteiger partial charge in [-0.05, 0) is 91.5 Å². The zero-order chi connectivity index (χ0) is 31.4. The zero-order valence-electron chi connectivity index (χ0n) is 24.6. The van der Waals surface area contributed by atoms with Gasteiger partial charge in [0.1, 0.15) is 12.1 Å². The lowest BCUT2D eigenvalue weighted by atomic mass is 9.99. The summed E-state index contributed by atoms with van der Waals surface area (Å²) >= 11 is 7.15. The number of benzene rings is 3. The highest BCUT2D eigenvalue weighted by Crippen LogP contribution is 2.26. The van der Waals surface area contributed by atoms with Crippen LogP contribution in [0, 0.1) is 13.8 Å². The molecule has 44 heavy (non-hydrogen) atoms. The summed E-state index contributed by atoms with van der Waals surface area (Å²) in [6.07, 6.45) is -2.53. The van der Waals surface area contributed by atoms with E-state index in [1.165, 1.54) is 46.4 Å². The van der Waals surface area contributed by atoms with Gasteiger partial charge in [0, 0.05) is 23.2 Å². The van der Waals surface area contributed by atoms with Crippen molar-refractivity contribution in [3.8, 4) is 28.5 Å². The van der Waals surface area contributed by atoms with Gasteiger partial charge in [-0.15, -0.1) is 29.6 Å². The van der Waals surface area contributed by atoms with Crippen LogP contribution in [0.15, 0.2) is 83.4 Å². The third kappa shape index (κ3) is 7.61. The molecule has 2 heterocycles. The Morgan fingerprint density at radius 3 is 2.57 bits per heavy atom. The Bertz CT molecular complexity index is 1840. The lowest BCUT2D eigenvalue weighted by Crippen LogP contribution is -2.26. The van der Waals surface area contributed by atoms with Crippen LogP contribution in [-0.2, 0) is 6.42 Å². The highest BCUT2D eigenvalue weighted by atomic mass is 32.1. The summed E-state index contributed by atoms with van der Waals surface area (Å²) in [5.74, 6) is 0.560. The molecular weight excluding hydrogens is 606 g/mol. The van der Waals surface area contributed by atoms with Crippen LogP contribution in [0.2, 0.25) is 0 Å². The second-order valence-electron chi connectivity index (χ2n) is 10.6. The molecule has 0 aliphatic heterocycles. The molecule has 0 saturated heterocycles. The second kappa shape index (κ2) is 13.1. The molecule has 0 atom stereocenters. The first-order valence-electron chi connectivity index (χ1n) is 13.9. The number of halogens is 3. The highest BCUT2D eigenvalue weighted by Gasteiger charge is 2.31. The molecule has 0 bridgehead atoms. The van der Waals surface area contributed by atoms with E-state index in [1.807, 2.05) is 24.3 Å². The van der Waals surface area contributed by atoms with Crippen molar-refractivity contribution in [1.29, 1.82) is 0 Å². The van der Waals surface area contributed by atoms with Crippen LogP contribution in [0.25, 0.3) is 22.8 Å². The van der Waals surface area contributed by atoms with Gasteiger partial charge in [0.25, 0.3) is 0 Å². The van der Waals surface area contributed by atoms with Gasteiger partial charge >= 0.3 is 6.36 Å². The van der Waals surface area contributed by atoms with Gasteiger partial charge in [-0.25, -0.2) is 9.67 Å². The van der Waals surface area contributed by atoms with E-state index in [2.05, 4.69) is 76.0 Å². The first-order valence-corrected chi connectivity index (χ1v) is 15.2. The molecule has 0 spiro atoms. The third-order valence-corrected chi connectivity index (χ3v) is 8.01. The molecular formula is C32H31F3N6OS2. The molecule has 0 unspecified atom stereocenters. The number of aryl methyl sites for hydroxylation is 2. The topological polar surface area (TPSA) is 69.3 Å². The summed E-state index contributed by atoms with van der Waals surface area (Å²) in [5.41, 5.74) is 7.11. The van der Waals surface area contributed by atoms with Crippen LogP contribution in [0.4, 0.5) is 13.2 Å². The summed E-state index contributed by atoms with van der Waals surface area (Å²) in [6.45, 7) is 9.14. The van der Waals surface area contributed by atoms with Gasteiger partial charge in [0.05, 0.1) is 11.4 Å². The Balaban J connectivity index is 1.24. The summed E-state index contributed by atoms with van der Waals surface area (Å²) < 4.78 is 44.9. The molecule has 5 rings (SSSR count). The Morgan fingerprint density at radius 2 is 1.84 bits per heavy atom. The van der Waals surface area contributed by atoms with Crippen LogP contribution in [-0.4, -0.2) is 37.4 Å². The van der Waals surface area contributed by atoms with E-state index in [0.29, 0.717) is 35.5 Å². The predicted octanol–water partition coefficient (Wildman–Crippen LogP) is 7.44. The van der Waals surface area contributed by atoms with Crippen molar-refractivity contribution in [2.45, 2.75) is 46.4 Å². The molecule has 0 fully saturated rings. The number of nitrogens with one attached hydrogen (secondary N) is 1. The molecule has 1 N–H and O–H groups in total. The van der Waals surface area contributed by atoms with Crippen LogP contribution < -0.4 is 14.9 Å². The fourth-order valence-electron chi connectivity index (χ4n) is 4.73. The average molecular weight is 637 g/mol. The van der Waals surface area contributed by atoms with Gasteiger partial charge in [0.15, 0.2) is 15.7 Å². The smallest absolute Gasteiger partial charge is 0.406 e. The molecule has 3 aromatic carbocycles. The van der Waals surface area contributed by atoms with E-state index in [9.17, 15) is 13.2 Å². The number of nitrogens with zero attached hydrogens (tertiary/aromatic N) is 5. The van der Waals surface area contributed by atoms with Crippen molar-refractivity contribution in [2.75, 3.05) is 6.54 Å². The van der Waals surface area contributed by atoms with E-state index in [4.69, 9.17) is 17.2 Å². The van der Waals surface area contributed by atoms with Crippen molar-refractivity contribution < 1.29 is 17.9 Å². The molecule has 7 nitrogen and oxygen atoms in total. The summed E-state index contributed by atoms with van der Waals surface area (Å²) in [6, 6.07) is 19.8. The number of thiocarbonyl (C=S) groups is 1. The zero-order valence-corrected chi connectivity index (χ0v) is 26.2. The van der Waals surface area contributed by atoms with Crippen LogP contribution in [0.5, 0.6) is 5.75 Å². The maximum Gasteiger partial charge on any atom is 0.573 e. The summed E-state index contributed by atoms with van der Waals surface area (Å²) in [7, 11) is 0. The van der Waals surface area contributed by atoms with Gasteiger partial charge in [-0.2, -0.15) is 4.99 Å².